The summed E-state index contributed by atoms with van der Waals surface area (Å²) >= 11 is 0. The number of sulfonamides is 1. The third kappa shape index (κ3) is 4.34. The Bertz CT molecular complexity index is 900. The lowest BCUT2D eigenvalue weighted by Crippen LogP contribution is -2.31. The topological polar surface area (TPSA) is 75.2 Å². The lowest BCUT2D eigenvalue weighted by atomic mass is 10.1. The fourth-order valence-electron chi connectivity index (χ4n) is 2.90. The Kier molecular flexibility index (Phi) is 5.47. The van der Waals surface area contributed by atoms with Crippen molar-refractivity contribution >= 4 is 15.8 Å². The average Bonchev–Trinajstić information content (AvgIpc) is 2.62. The molecule has 0 saturated carbocycles. The first-order chi connectivity index (χ1) is 12.3. The standard InChI is InChI=1S/C17H20F2N4O2S/c1-12-9-17(23-7-3-2-4-8-23)22-16(21-12)11-20-26(24,25)15-10-13(18)5-6-14(15)19/h5-6,9-10,20H,2-4,7-8,11H2,1H3. The minimum atomic E-state index is -4.22. The van der Waals surface area contributed by atoms with Gasteiger partial charge in [-0.05, 0) is 44.4 Å². The first kappa shape index (κ1) is 18.7. The highest BCUT2D eigenvalue weighted by Crippen LogP contribution is 2.19. The molecule has 3 rings (SSSR count). The molecule has 1 N–H and O–H groups in total. The van der Waals surface area contributed by atoms with Gasteiger partial charge in [-0.15, -0.1) is 0 Å². The zero-order valence-corrected chi connectivity index (χ0v) is 15.2. The molecule has 1 aliphatic heterocycles. The van der Waals surface area contributed by atoms with Crippen molar-refractivity contribution in [3.8, 4) is 0 Å². The van der Waals surface area contributed by atoms with Crippen LogP contribution in [-0.4, -0.2) is 31.5 Å². The highest BCUT2D eigenvalue weighted by molar-refractivity contribution is 7.89. The molecule has 1 saturated heterocycles. The summed E-state index contributed by atoms with van der Waals surface area (Å²) in [4.78, 5) is 10.1. The molecule has 2 aromatic rings. The first-order valence-electron chi connectivity index (χ1n) is 8.39. The van der Waals surface area contributed by atoms with E-state index in [1.54, 1.807) is 6.92 Å². The molecule has 26 heavy (non-hydrogen) atoms. The zero-order valence-electron chi connectivity index (χ0n) is 14.4. The second-order valence-corrected chi connectivity index (χ2v) is 7.97. The molecule has 6 nitrogen and oxygen atoms in total. The van der Waals surface area contributed by atoms with Gasteiger partial charge in [0.05, 0.1) is 6.54 Å². The number of nitrogens with zero attached hydrogens (tertiary/aromatic N) is 3. The summed E-state index contributed by atoms with van der Waals surface area (Å²) in [5.41, 5.74) is 0.715. The van der Waals surface area contributed by atoms with Crippen LogP contribution in [0.5, 0.6) is 0 Å². The number of anilines is 1. The smallest absolute Gasteiger partial charge is 0.243 e. The number of aromatic nitrogens is 2. The number of aryl methyl sites for hydroxylation is 1. The van der Waals surface area contributed by atoms with Gasteiger partial charge < -0.3 is 4.90 Å². The molecule has 140 valence electrons. The van der Waals surface area contributed by atoms with Gasteiger partial charge in [-0.25, -0.2) is 31.9 Å². The number of hydrogen-bond donors (Lipinski definition) is 1. The van der Waals surface area contributed by atoms with Gasteiger partial charge in [0, 0.05) is 24.8 Å². The second kappa shape index (κ2) is 7.63. The van der Waals surface area contributed by atoms with Crippen LogP contribution in [-0.2, 0) is 16.6 Å². The molecular weight excluding hydrogens is 362 g/mol. The Morgan fingerprint density at radius 1 is 1.12 bits per heavy atom. The van der Waals surface area contributed by atoms with Crippen molar-refractivity contribution < 1.29 is 17.2 Å². The van der Waals surface area contributed by atoms with E-state index in [9.17, 15) is 17.2 Å². The molecule has 1 aromatic carbocycles. The van der Waals surface area contributed by atoms with Crippen LogP contribution in [0.2, 0.25) is 0 Å². The van der Waals surface area contributed by atoms with Crippen LogP contribution in [0.1, 0.15) is 30.8 Å². The summed E-state index contributed by atoms with van der Waals surface area (Å²) < 4.78 is 53.8. The number of nitrogens with one attached hydrogen (secondary N) is 1. The van der Waals surface area contributed by atoms with Crippen molar-refractivity contribution in [3.05, 3.63) is 47.4 Å². The van der Waals surface area contributed by atoms with E-state index in [1.807, 2.05) is 6.07 Å². The summed E-state index contributed by atoms with van der Waals surface area (Å²) in [7, 11) is -4.22. The monoisotopic (exact) mass is 382 g/mol. The van der Waals surface area contributed by atoms with Crippen LogP contribution < -0.4 is 9.62 Å². The molecular formula is C17H20F2N4O2S. The van der Waals surface area contributed by atoms with Crippen molar-refractivity contribution in [1.82, 2.24) is 14.7 Å². The number of hydrogen-bond acceptors (Lipinski definition) is 5. The van der Waals surface area contributed by atoms with Gasteiger partial charge >= 0.3 is 0 Å². The van der Waals surface area contributed by atoms with Crippen molar-refractivity contribution in [2.45, 2.75) is 37.6 Å². The van der Waals surface area contributed by atoms with E-state index in [0.717, 1.165) is 43.9 Å². The Morgan fingerprint density at radius 3 is 2.58 bits per heavy atom. The maximum absolute atomic E-state index is 13.7. The van der Waals surface area contributed by atoms with E-state index in [0.29, 0.717) is 11.8 Å². The summed E-state index contributed by atoms with van der Waals surface area (Å²) in [5.74, 6) is -0.807. The lowest BCUT2D eigenvalue weighted by molar-refractivity contribution is 0.544. The molecule has 2 heterocycles. The lowest BCUT2D eigenvalue weighted by Gasteiger charge is -2.28. The third-order valence-corrected chi connectivity index (χ3v) is 5.59. The molecule has 0 atom stereocenters. The van der Waals surface area contributed by atoms with Gasteiger partial charge in [0.2, 0.25) is 10.0 Å². The molecule has 0 radical (unpaired) electrons. The minimum absolute atomic E-state index is 0.208. The molecule has 0 unspecified atom stereocenters. The van der Waals surface area contributed by atoms with Gasteiger partial charge in [-0.2, -0.15) is 0 Å². The van der Waals surface area contributed by atoms with E-state index in [2.05, 4.69) is 19.6 Å². The molecule has 0 aliphatic carbocycles. The maximum atomic E-state index is 13.7. The van der Waals surface area contributed by atoms with Crippen LogP contribution >= 0.6 is 0 Å². The quantitative estimate of drug-likeness (QED) is 0.860. The van der Waals surface area contributed by atoms with Crippen molar-refractivity contribution in [1.29, 1.82) is 0 Å². The molecule has 0 amide bonds. The summed E-state index contributed by atoms with van der Waals surface area (Å²) in [5, 5.41) is 0. The predicted molar refractivity (Wildman–Crippen MR) is 93.2 cm³/mol. The average molecular weight is 382 g/mol. The molecule has 0 bridgehead atoms. The van der Waals surface area contributed by atoms with E-state index in [4.69, 9.17) is 0 Å². The highest BCUT2D eigenvalue weighted by Gasteiger charge is 2.21. The van der Waals surface area contributed by atoms with Gasteiger partial charge in [0.25, 0.3) is 0 Å². The van der Waals surface area contributed by atoms with E-state index in [-0.39, 0.29) is 12.4 Å². The SMILES string of the molecule is Cc1cc(N2CCCCC2)nc(CNS(=O)(=O)c2cc(F)ccc2F)n1. The highest BCUT2D eigenvalue weighted by atomic mass is 32.2. The Labute approximate surface area is 151 Å². The zero-order chi connectivity index (χ0) is 18.7. The fourth-order valence-corrected chi connectivity index (χ4v) is 3.96. The van der Waals surface area contributed by atoms with Crippen LogP contribution in [0.4, 0.5) is 14.6 Å². The number of benzene rings is 1. The third-order valence-electron chi connectivity index (χ3n) is 4.17. The second-order valence-electron chi connectivity index (χ2n) is 6.23. The van der Waals surface area contributed by atoms with Crippen molar-refractivity contribution in [2.75, 3.05) is 18.0 Å². The van der Waals surface area contributed by atoms with E-state index < -0.39 is 26.6 Å². The first-order valence-corrected chi connectivity index (χ1v) is 9.88. The molecule has 0 spiro atoms. The largest absolute Gasteiger partial charge is 0.357 e. The van der Waals surface area contributed by atoms with Gasteiger partial charge in [-0.3, -0.25) is 0 Å². The van der Waals surface area contributed by atoms with Crippen LogP contribution in [0.25, 0.3) is 0 Å². The van der Waals surface area contributed by atoms with Gasteiger partial charge in [0.1, 0.15) is 28.2 Å². The fraction of sp³-hybridized carbons (Fsp3) is 0.412. The summed E-state index contributed by atoms with van der Waals surface area (Å²) in [6, 6.07) is 4.15. The van der Waals surface area contributed by atoms with Crippen LogP contribution in [0.15, 0.2) is 29.2 Å². The Morgan fingerprint density at radius 2 is 1.85 bits per heavy atom. The van der Waals surface area contributed by atoms with Crippen LogP contribution in [0.3, 0.4) is 0 Å². The van der Waals surface area contributed by atoms with Gasteiger partial charge in [-0.1, -0.05) is 0 Å². The van der Waals surface area contributed by atoms with Crippen molar-refractivity contribution in [3.63, 3.8) is 0 Å². The minimum Gasteiger partial charge on any atom is -0.357 e. The molecule has 1 aliphatic rings. The Hall–Kier alpha value is -2.13. The maximum Gasteiger partial charge on any atom is 0.243 e. The predicted octanol–water partition coefficient (Wildman–Crippen LogP) is 2.53. The van der Waals surface area contributed by atoms with Crippen molar-refractivity contribution in [2.24, 2.45) is 0 Å². The number of rotatable bonds is 5. The normalized spacial score (nSPS) is 15.3. The summed E-state index contributed by atoms with van der Waals surface area (Å²) in [6.07, 6.45) is 3.36. The molecule has 9 heteroatoms. The van der Waals surface area contributed by atoms with Gasteiger partial charge in [0.15, 0.2) is 0 Å². The number of halogens is 2. The van der Waals surface area contributed by atoms with Crippen LogP contribution in [0, 0.1) is 18.6 Å². The van der Waals surface area contributed by atoms with E-state index >= 15 is 0 Å². The van der Waals surface area contributed by atoms with E-state index in [1.165, 1.54) is 6.42 Å². The molecule has 1 aromatic heterocycles. The Balaban J connectivity index is 1.78. The summed E-state index contributed by atoms with van der Waals surface area (Å²) in [6.45, 7) is 3.40. The number of piperidine rings is 1. The molecule has 1 fully saturated rings.